The first kappa shape index (κ1) is 9.19. The molecule has 2 heterocycles. The molecule has 0 unspecified atom stereocenters. The van der Waals surface area contributed by atoms with Gasteiger partial charge in [-0.2, -0.15) is 10.0 Å². The molecular formula is C7H4N3O5. The summed E-state index contributed by atoms with van der Waals surface area (Å²) in [6.45, 7) is -0.295. The maximum absolute atomic E-state index is 11.2. The summed E-state index contributed by atoms with van der Waals surface area (Å²) in [5, 5.41) is 11.6. The monoisotopic (exact) mass is 210 g/mol. The van der Waals surface area contributed by atoms with Crippen molar-refractivity contribution in [1.82, 2.24) is 15.3 Å². The molecule has 1 fully saturated rings. The molecule has 0 aromatic heterocycles. The minimum atomic E-state index is -1.15. The van der Waals surface area contributed by atoms with E-state index in [9.17, 15) is 19.2 Å². The van der Waals surface area contributed by atoms with Gasteiger partial charge in [0.2, 0.25) is 0 Å². The third-order valence-corrected chi connectivity index (χ3v) is 1.83. The van der Waals surface area contributed by atoms with Gasteiger partial charge in [-0.05, 0) is 0 Å². The molecule has 0 atom stereocenters. The summed E-state index contributed by atoms with van der Waals surface area (Å²) in [6, 6.07) is -0.891. The van der Waals surface area contributed by atoms with Crippen molar-refractivity contribution < 1.29 is 24.3 Å². The maximum atomic E-state index is 11.2. The van der Waals surface area contributed by atoms with Crippen LogP contribution in [0.1, 0.15) is 0 Å². The average molecular weight is 210 g/mol. The van der Waals surface area contributed by atoms with Crippen LogP contribution in [0.25, 0.3) is 0 Å². The minimum Gasteiger partial charge on any atom is -0.502 e. The van der Waals surface area contributed by atoms with Gasteiger partial charge in [-0.3, -0.25) is 14.4 Å². The lowest BCUT2D eigenvalue weighted by atomic mass is 10.5. The molecule has 8 heteroatoms. The van der Waals surface area contributed by atoms with Crippen LogP contribution in [-0.4, -0.2) is 45.4 Å². The van der Waals surface area contributed by atoms with Crippen LogP contribution >= 0.6 is 0 Å². The summed E-state index contributed by atoms with van der Waals surface area (Å²) in [5.74, 6) is -3.88. The van der Waals surface area contributed by atoms with Crippen molar-refractivity contribution >= 4 is 23.8 Å². The van der Waals surface area contributed by atoms with E-state index in [0.29, 0.717) is 5.01 Å². The van der Waals surface area contributed by atoms with E-state index in [4.69, 9.17) is 5.11 Å². The number of carbonyl (C=O) groups is 4. The highest BCUT2D eigenvalue weighted by Gasteiger charge is 2.44. The van der Waals surface area contributed by atoms with Gasteiger partial charge in [-0.1, -0.05) is 0 Å². The fourth-order valence-corrected chi connectivity index (χ4v) is 1.20. The molecule has 0 bridgehead atoms. The summed E-state index contributed by atoms with van der Waals surface area (Å²) >= 11 is 0. The van der Waals surface area contributed by atoms with Gasteiger partial charge >= 0.3 is 11.9 Å². The normalized spacial score (nSPS) is 21.2. The van der Waals surface area contributed by atoms with Crippen LogP contribution in [0.5, 0.6) is 0 Å². The van der Waals surface area contributed by atoms with Crippen molar-refractivity contribution in [2.75, 3.05) is 6.54 Å². The maximum Gasteiger partial charge on any atom is 0.344 e. The molecule has 2 N–H and O–H groups in total. The molecule has 0 aromatic rings. The molecule has 0 saturated carbocycles. The minimum absolute atomic E-state index is 0.236. The number of amides is 5. The number of hydrogen-bond acceptors (Lipinski definition) is 5. The summed E-state index contributed by atoms with van der Waals surface area (Å²) < 4.78 is 0. The molecule has 77 valence electrons. The molecule has 2 aliphatic rings. The third kappa shape index (κ3) is 1.15. The second kappa shape index (κ2) is 2.80. The Balaban J connectivity index is 2.33. The van der Waals surface area contributed by atoms with Crippen molar-refractivity contribution in [3.8, 4) is 0 Å². The first-order chi connectivity index (χ1) is 7.02. The number of hydrogen-bond donors (Lipinski definition) is 2. The summed E-state index contributed by atoms with van der Waals surface area (Å²) in [6.07, 6.45) is 1.77. The summed E-state index contributed by atoms with van der Waals surface area (Å²) in [4.78, 5) is 44.5. The van der Waals surface area contributed by atoms with Crippen LogP contribution in [0, 0.1) is 6.08 Å². The highest BCUT2D eigenvalue weighted by atomic mass is 16.3. The molecule has 8 nitrogen and oxygen atoms in total. The Bertz CT molecular complexity index is 410. The zero-order valence-corrected chi connectivity index (χ0v) is 7.18. The fourth-order valence-electron chi connectivity index (χ4n) is 1.20. The van der Waals surface area contributed by atoms with Gasteiger partial charge in [0.05, 0.1) is 0 Å². The van der Waals surface area contributed by atoms with E-state index in [1.165, 1.54) is 0 Å². The molecule has 2 aliphatic heterocycles. The average Bonchev–Trinajstić information content (AvgIpc) is 2.59. The molecular weight excluding hydrogens is 206 g/mol. The van der Waals surface area contributed by atoms with Crippen LogP contribution < -0.4 is 5.32 Å². The van der Waals surface area contributed by atoms with E-state index in [1.54, 1.807) is 6.08 Å². The van der Waals surface area contributed by atoms with E-state index in [2.05, 4.69) is 5.32 Å². The van der Waals surface area contributed by atoms with Crippen molar-refractivity contribution in [1.29, 1.82) is 0 Å². The van der Waals surface area contributed by atoms with Crippen molar-refractivity contribution in [2.45, 2.75) is 0 Å². The Kier molecular flexibility index (Phi) is 1.72. The lowest BCUT2D eigenvalue weighted by Crippen LogP contribution is -2.50. The van der Waals surface area contributed by atoms with Gasteiger partial charge in [0.1, 0.15) is 12.6 Å². The summed E-state index contributed by atoms with van der Waals surface area (Å²) in [5.41, 5.74) is 0. The van der Waals surface area contributed by atoms with E-state index >= 15 is 0 Å². The van der Waals surface area contributed by atoms with Crippen LogP contribution in [0.3, 0.4) is 0 Å². The molecule has 0 aliphatic carbocycles. The van der Waals surface area contributed by atoms with Gasteiger partial charge in [0.25, 0.3) is 11.8 Å². The third-order valence-electron chi connectivity index (χ3n) is 1.83. The predicted octanol–water partition coefficient (Wildman–Crippen LogP) is -1.93. The Morgan fingerprint density at radius 2 is 1.87 bits per heavy atom. The van der Waals surface area contributed by atoms with Crippen LogP contribution in [0.2, 0.25) is 0 Å². The van der Waals surface area contributed by atoms with Crippen LogP contribution in [0.15, 0.2) is 5.76 Å². The van der Waals surface area contributed by atoms with Gasteiger partial charge in [-0.25, -0.2) is 4.79 Å². The van der Waals surface area contributed by atoms with E-state index in [1.807, 2.05) is 0 Å². The predicted molar refractivity (Wildman–Crippen MR) is 41.5 cm³/mol. The topological polar surface area (TPSA) is 107 Å². The molecule has 1 saturated heterocycles. The largest absolute Gasteiger partial charge is 0.502 e. The van der Waals surface area contributed by atoms with Crippen molar-refractivity contribution in [3.05, 3.63) is 11.8 Å². The zero-order chi connectivity index (χ0) is 11.2. The highest BCUT2D eigenvalue weighted by molar-refractivity contribution is 6.16. The zero-order valence-electron chi connectivity index (χ0n) is 7.18. The number of nitrogens with one attached hydrogen (secondary N) is 1. The smallest absolute Gasteiger partial charge is 0.344 e. The molecule has 5 amide bonds. The second-order valence-electron chi connectivity index (χ2n) is 2.76. The summed E-state index contributed by atoms with van der Waals surface area (Å²) in [7, 11) is 0. The Morgan fingerprint density at radius 1 is 1.20 bits per heavy atom. The van der Waals surface area contributed by atoms with Crippen molar-refractivity contribution in [3.63, 3.8) is 0 Å². The molecule has 15 heavy (non-hydrogen) atoms. The number of hydrazine groups is 1. The van der Waals surface area contributed by atoms with Gasteiger partial charge < -0.3 is 10.4 Å². The first-order valence-corrected chi connectivity index (χ1v) is 3.84. The number of imide groups is 2. The van der Waals surface area contributed by atoms with Gasteiger partial charge in [-0.15, -0.1) is 0 Å². The molecule has 0 spiro atoms. The van der Waals surface area contributed by atoms with Gasteiger partial charge in [0, 0.05) is 0 Å². The molecule has 1 radical (unpaired) electrons. The molecule has 2 rings (SSSR count). The first-order valence-electron chi connectivity index (χ1n) is 3.84. The Morgan fingerprint density at radius 3 is 2.27 bits per heavy atom. The van der Waals surface area contributed by atoms with E-state index in [-0.39, 0.29) is 11.6 Å². The Labute approximate surface area is 82.7 Å². The number of rotatable bonds is 1. The molecule has 0 aromatic carbocycles. The van der Waals surface area contributed by atoms with E-state index < -0.39 is 29.5 Å². The number of aliphatic hydroxyl groups is 1. The fraction of sp³-hybridized carbons (Fsp3) is 0.143. The number of nitrogens with zero attached hydrogens (tertiary/aromatic N) is 2. The van der Waals surface area contributed by atoms with Crippen LogP contribution in [-0.2, 0) is 14.4 Å². The second-order valence-corrected chi connectivity index (χ2v) is 2.76. The van der Waals surface area contributed by atoms with E-state index in [0.717, 1.165) is 0 Å². The van der Waals surface area contributed by atoms with Crippen LogP contribution in [0.4, 0.5) is 4.79 Å². The van der Waals surface area contributed by atoms with Crippen molar-refractivity contribution in [2.24, 2.45) is 0 Å². The van der Waals surface area contributed by atoms with Gasteiger partial charge in [0.15, 0.2) is 5.76 Å². The lowest BCUT2D eigenvalue weighted by molar-refractivity contribution is -0.159. The SMILES string of the molecule is O=C1[C]=C(O)C(=O)N1N1C(=O)CNC1=O. The quantitative estimate of drug-likeness (QED) is 0.387. The Hall–Kier alpha value is -2.38. The number of aliphatic hydroxyl groups excluding tert-OH is 1. The lowest BCUT2D eigenvalue weighted by Gasteiger charge is -2.21. The highest BCUT2D eigenvalue weighted by Crippen LogP contribution is 2.15. The number of carbonyl (C=O) groups excluding carboxylic acids is 4. The standard InChI is InChI=1S/C7H4N3O5/c11-3-1-4(12)9(6(3)14)10-5(13)2-8-7(10)15/h11H,2H2,(H,8,15). The number of urea groups is 1.